The Bertz CT molecular complexity index is 871. The van der Waals surface area contributed by atoms with E-state index in [4.69, 9.17) is 11.6 Å². The van der Waals surface area contributed by atoms with Crippen LogP contribution in [0.25, 0.3) is 0 Å². The molecule has 2 amide bonds. The molecule has 1 aromatic carbocycles. The minimum atomic E-state index is -0.632. The smallest absolute Gasteiger partial charge is 0.249 e. The molecular weight excluding hydrogens is 386 g/mol. The van der Waals surface area contributed by atoms with Crippen molar-refractivity contribution < 1.29 is 9.59 Å². The predicted octanol–water partition coefficient (Wildman–Crippen LogP) is 4.45. The molecule has 2 aliphatic rings. The molecule has 2 aromatic rings. The highest BCUT2D eigenvalue weighted by molar-refractivity contribution is 6.31. The van der Waals surface area contributed by atoms with Gasteiger partial charge < -0.3 is 14.8 Å². The van der Waals surface area contributed by atoms with Crippen LogP contribution in [0.4, 0.5) is 0 Å². The number of rotatable bonds is 4. The minimum absolute atomic E-state index is 0.0635. The summed E-state index contributed by atoms with van der Waals surface area (Å²) in [4.78, 5) is 28.0. The van der Waals surface area contributed by atoms with Crippen molar-refractivity contribution in [3.63, 3.8) is 0 Å². The monoisotopic (exact) mass is 413 g/mol. The standard InChI is InChI=1S/C23H28ClN3O2/c24-19-12-7-6-9-17(19)15-27-21(28)16-26-14-8-13-20(26)22(27)23(29)25-18-10-4-2-1-3-5-11-18/h6-9,12-14,18,22H,1-5,10-11,15-16H2,(H,25,29)/t22-/m1/s1. The Kier molecular flexibility index (Phi) is 6.24. The summed E-state index contributed by atoms with van der Waals surface area (Å²) in [5, 5.41) is 3.87. The highest BCUT2D eigenvalue weighted by Gasteiger charge is 2.38. The van der Waals surface area contributed by atoms with Crippen molar-refractivity contribution in [2.75, 3.05) is 0 Å². The van der Waals surface area contributed by atoms with Gasteiger partial charge in [0.2, 0.25) is 11.8 Å². The van der Waals surface area contributed by atoms with Gasteiger partial charge >= 0.3 is 0 Å². The number of nitrogens with one attached hydrogen (secondary N) is 1. The van der Waals surface area contributed by atoms with E-state index in [-0.39, 0.29) is 24.4 Å². The molecule has 5 nitrogen and oxygen atoms in total. The SMILES string of the molecule is O=C(NC1CCCCCCC1)[C@H]1c2cccn2CC(=O)N1Cc1ccccc1Cl. The second-order valence-corrected chi connectivity index (χ2v) is 8.53. The minimum Gasteiger partial charge on any atom is -0.351 e. The summed E-state index contributed by atoms with van der Waals surface area (Å²) in [7, 11) is 0. The van der Waals surface area contributed by atoms with E-state index < -0.39 is 6.04 Å². The summed E-state index contributed by atoms with van der Waals surface area (Å²) in [5.74, 6) is -0.151. The maximum Gasteiger partial charge on any atom is 0.249 e. The third-order valence-corrected chi connectivity index (χ3v) is 6.45. The summed E-state index contributed by atoms with van der Waals surface area (Å²) in [5.41, 5.74) is 1.71. The van der Waals surface area contributed by atoms with Gasteiger partial charge in [0.1, 0.15) is 6.54 Å². The summed E-state index contributed by atoms with van der Waals surface area (Å²) in [6, 6.07) is 10.9. The summed E-state index contributed by atoms with van der Waals surface area (Å²) in [6.45, 7) is 0.576. The third kappa shape index (κ3) is 4.50. The number of aromatic nitrogens is 1. The van der Waals surface area contributed by atoms with Crippen molar-refractivity contribution in [3.8, 4) is 0 Å². The lowest BCUT2D eigenvalue weighted by Gasteiger charge is -2.37. The molecule has 1 fully saturated rings. The molecule has 1 aliphatic carbocycles. The Balaban J connectivity index is 1.58. The lowest BCUT2D eigenvalue weighted by Crippen LogP contribution is -2.50. The van der Waals surface area contributed by atoms with Crippen LogP contribution in [0.5, 0.6) is 0 Å². The Morgan fingerprint density at radius 3 is 2.52 bits per heavy atom. The van der Waals surface area contributed by atoms with Crippen LogP contribution in [-0.2, 0) is 22.7 Å². The van der Waals surface area contributed by atoms with Gasteiger partial charge in [0.05, 0.1) is 5.69 Å². The van der Waals surface area contributed by atoms with Crippen LogP contribution in [0.1, 0.15) is 62.2 Å². The molecule has 1 aromatic heterocycles. The average molecular weight is 414 g/mol. The van der Waals surface area contributed by atoms with E-state index in [1.165, 1.54) is 19.3 Å². The zero-order chi connectivity index (χ0) is 20.2. The second kappa shape index (κ2) is 9.04. The summed E-state index contributed by atoms with van der Waals surface area (Å²) < 4.78 is 1.88. The number of hydrogen-bond acceptors (Lipinski definition) is 2. The Hall–Kier alpha value is -2.27. The van der Waals surface area contributed by atoms with Gasteiger partial charge in [-0.25, -0.2) is 0 Å². The number of amides is 2. The van der Waals surface area contributed by atoms with Crippen LogP contribution in [0.15, 0.2) is 42.6 Å². The molecule has 1 aliphatic heterocycles. The molecule has 2 heterocycles. The maximum atomic E-state index is 13.4. The van der Waals surface area contributed by atoms with Crippen molar-refractivity contribution in [2.24, 2.45) is 0 Å². The molecule has 0 saturated heterocycles. The maximum absolute atomic E-state index is 13.4. The first-order valence-corrected chi connectivity index (χ1v) is 11.0. The number of halogens is 1. The summed E-state index contributed by atoms with van der Waals surface area (Å²) in [6.07, 6.45) is 9.94. The zero-order valence-electron chi connectivity index (χ0n) is 16.6. The van der Waals surface area contributed by atoms with Crippen molar-refractivity contribution in [1.82, 2.24) is 14.8 Å². The molecule has 0 radical (unpaired) electrons. The molecule has 6 heteroatoms. The fraction of sp³-hybridized carbons (Fsp3) is 0.478. The molecule has 0 bridgehead atoms. The number of fused-ring (bicyclic) bond motifs is 1. The van der Waals surface area contributed by atoms with E-state index in [0.29, 0.717) is 11.6 Å². The fourth-order valence-corrected chi connectivity index (χ4v) is 4.70. The predicted molar refractivity (Wildman–Crippen MR) is 113 cm³/mol. The van der Waals surface area contributed by atoms with E-state index in [9.17, 15) is 9.59 Å². The molecule has 1 saturated carbocycles. The highest BCUT2D eigenvalue weighted by Crippen LogP contribution is 2.31. The number of carbonyl (C=O) groups excluding carboxylic acids is 2. The topological polar surface area (TPSA) is 54.3 Å². The Labute approximate surface area is 177 Å². The van der Waals surface area contributed by atoms with Gasteiger partial charge in [-0.2, -0.15) is 0 Å². The Morgan fingerprint density at radius 2 is 1.76 bits per heavy atom. The number of carbonyl (C=O) groups is 2. The lowest BCUT2D eigenvalue weighted by molar-refractivity contribution is -0.144. The molecule has 154 valence electrons. The normalized spacial score (nSPS) is 20.7. The van der Waals surface area contributed by atoms with E-state index in [2.05, 4.69) is 5.32 Å². The molecule has 29 heavy (non-hydrogen) atoms. The van der Waals surface area contributed by atoms with Crippen molar-refractivity contribution in [1.29, 1.82) is 0 Å². The van der Waals surface area contributed by atoms with Gasteiger partial charge in [0.25, 0.3) is 0 Å². The van der Waals surface area contributed by atoms with Crippen LogP contribution in [0, 0.1) is 0 Å². The van der Waals surface area contributed by atoms with Crippen LogP contribution < -0.4 is 5.32 Å². The van der Waals surface area contributed by atoms with Gasteiger partial charge in [-0.15, -0.1) is 0 Å². The van der Waals surface area contributed by atoms with Gasteiger partial charge in [-0.05, 0) is 36.6 Å². The third-order valence-electron chi connectivity index (χ3n) is 6.08. The molecular formula is C23H28ClN3O2. The first-order chi connectivity index (χ1) is 14.1. The molecule has 1 N–H and O–H groups in total. The van der Waals surface area contributed by atoms with Gasteiger partial charge in [-0.1, -0.05) is 61.9 Å². The first-order valence-electron chi connectivity index (χ1n) is 10.6. The Morgan fingerprint density at radius 1 is 1.03 bits per heavy atom. The van der Waals surface area contributed by atoms with Crippen LogP contribution in [0.3, 0.4) is 0 Å². The van der Waals surface area contributed by atoms with Gasteiger partial charge in [0.15, 0.2) is 6.04 Å². The first kappa shape index (κ1) is 20.0. The lowest BCUT2D eigenvalue weighted by atomic mass is 9.96. The van der Waals surface area contributed by atoms with E-state index in [1.54, 1.807) is 4.90 Å². The molecule has 0 unspecified atom stereocenters. The van der Waals surface area contributed by atoms with Crippen molar-refractivity contribution in [2.45, 2.75) is 70.1 Å². The quantitative estimate of drug-likeness (QED) is 0.804. The summed E-state index contributed by atoms with van der Waals surface area (Å²) >= 11 is 6.34. The average Bonchev–Trinajstić information content (AvgIpc) is 3.13. The van der Waals surface area contributed by atoms with Gasteiger partial charge in [-0.3, -0.25) is 9.59 Å². The largest absolute Gasteiger partial charge is 0.351 e. The van der Waals surface area contributed by atoms with Crippen LogP contribution >= 0.6 is 11.6 Å². The van der Waals surface area contributed by atoms with Crippen LogP contribution in [0.2, 0.25) is 5.02 Å². The zero-order valence-corrected chi connectivity index (χ0v) is 17.4. The number of benzene rings is 1. The van der Waals surface area contributed by atoms with E-state index in [0.717, 1.165) is 36.9 Å². The van der Waals surface area contributed by atoms with E-state index >= 15 is 0 Å². The number of hydrogen-bond donors (Lipinski definition) is 1. The van der Waals surface area contributed by atoms with Crippen molar-refractivity contribution in [3.05, 3.63) is 58.9 Å². The molecule has 4 rings (SSSR count). The van der Waals surface area contributed by atoms with Gasteiger partial charge in [0, 0.05) is 23.8 Å². The van der Waals surface area contributed by atoms with E-state index in [1.807, 2.05) is 47.2 Å². The number of nitrogens with zero attached hydrogens (tertiary/aromatic N) is 2. The van der Waals surface area contributed by atoms with Crippen LogP contribution in [-0.4, -0.2) is 27.3 Å². The molecule has 1 atom stereocenters. The molecule has 0 spiro atoms. The second-order valence-electron chi connectivity index (χ2n) is 8.13. The fourth-order valence-electron chi connectivity index (χ4n) is 4.51. The highest BCUT2D eigenvalue weighted by atomic mass is 35.5. The van der Waals surface area contributed by atoms with Crippen molar-refractivity contribution >= 4 is 23.4 Å².